The average molecular weight is 275 g/mol. The second kappa shape index (κ2) is 5.73. The molecule has 0 aliphatic heterocycles. The summed E-state index contributed by atoms with van der Waals surface area (Å²) in [7, 11) is 1.68. The third kappa shape index (κ3) is 3.14. The summed E-state index contributed by atoms with van der Waals surface area (Å²) in [4.78, 5) is 32.3. The highest BCUT2D eigenvalue weighted by molar-refractivity contribution is 5.78. The highest BCUT2D eigenvalue weighted by Crippen LogP contribution is 2.07. The van der Waals surface area contributed by atoms with E-state index >= 15 is 0 Å². The van der Waals surface area contributed by atoms with Crippen LogP contribution in [0, 0.1) is 13.8 Å². The quantitative estimate of drug-likeness (QED) is 0.908. The smallest absolute Gasteiger partial charge is 0.254 e. The van der Waals surface area contributed by atoms with Crippen molar-refractivity contribution < 1.29 is 9.21 Å². The number of rotatable bonds is 4. The number of nitrogens with zero attached hydrogens (tertiary/aromatic N) is 2. The normalized spacial score (nSPS) is 10.6. The van der Waals surface area contributed by atoms with Gasteiger partial charge in [-0.25, -0.2) is 4.98 Å². The molecule has 0 saturated heterocycles. The van der Waals surface area contributed by atoms with Crippen molar-refractivity contribution in [1.29, 1.82) is 0 Å². The molecular weight excluding hydrogens is 258 g/mol. The fourth-order valence-electron chi connectivity index (χ4n) is 1.97. The lowest BCUT2D eigenvalue weighted by atomic mass is 10.1. The minimum atomic E-state index is -0.255. The SMILES string of the molecule is Cc1nc(C)c(CC(=O)N(C)Cc2ccco2)c(=O)[nH]1. The summed E-state index contributed by atoms with van der Waals surface area (Å²) >= 11 is 0. The Hall–Kier alpha value is -2.37. The van der Waals surface area contributed by atoms with E-state index in [4.69, 9.17) is 4.42 Å². The molecule has 2 rings (SSSR count). The first-order valence-corrected chi connectivity index (χ1v) is 6.30. The van der Waals surface area contributed by atoms with Gasteiger partial charge in [0.25, 0.3) is 5.56 Å². The monoisotopic (exact) mass is 275 g/mol. The number of carbonyl (C=O) groups is 1. The molecule has 2 heterocycles. The predicted molar refractivity (Wildman–Crippen MR) is 73.2 cm³/mol. The second-order valence-corrected chi connectivity index (χ2v) is 4.72. The van der Waals surface area contributed by atoms with E-state index in [1.807, 2.05) is 0 Å². The number of furan rings is 1. The molecule has 106 valence electrons. The largest absolute Gasteiger partial charge is 0.467 e. The van der Waals surface area contributed by atoms with E-state index in [1.165, 1.54) is 4.90 Å². The topological polar surface area (TPSA) is 79.2 Å². The molecular formula is C14H17N3O3. The number of nitrogens with one attached hydrogen (secondary N) is 1. The molecule has 0 fully saturated rings. The minimum absolute atomic E-state index is 0.0334. The predicted octanol–water partition coefficient (Wildman–Crippen LogP) is 1.18. The van der Waals surface area contributed by atoms with Crippen LogP contribution >= 0.6 is 0 Å². The van der Waals surface area contributed by atoms with E-state index in [0.29, 0.717) is 29.4 Å². The van der Waals surface area contributed by atoms with Gasteiger partial charge < -0.3 is 14.3 Å². The van der Waals surface area contributed by atoms with Crippen LogP contribution in [-0.2, 0) is 17.8 Å². The Bertz CT molecular complexity index is 659. The second-order valence-electron chi connectivity index (χ2n) is 4.72. The summed E-state index contributed by atoms with van der Waals surface area (Å²) in [6.45, 7) is 3.82. The molecule has 0 radical (unpaired) electrons. The van der Waals surface area contributed by atoms with Crippen LogP contribution in [0.2, 0.25) is 0 Å². The molecule has 0 unspecified atom stereocenters. The van der Waals surface area contributed by atoms with Gasteiger partial charge in [-0.05, 0) is 26.0 Å². The summed E-state index contributed by atoms with van der Waals surface area (Å²) in [6, 6.07) is 3.57. The lowest BCUT2D eigenvalue weighted by Crippen LogP contribution is -2.30. The van der Waals surface area contributed by atoms with Crippen LogP contribution < -0.4 is 5.56 Å². The zero-order valence-electron chi connectivity index (χ0n) is 11.8. The van der Waals surface area contributed by atoms with Crippen LogP contribution in [0.25, 0.3) is 0 Å². The van der Waals surface area contributed by atoms with Crippen molar-refractivity contribution in [3.8, 4) is 0 Å². The van der Waals surface area contributed by atoms with Crippen LogP contribution in [0.3, 0.4) is 0 Å². The van der Waals surface area contributed by atoms with Crippen molar-refractivity contribution in [2.45, 2.75) is 26.8 Å². The van der Waals surface area contributed by atoms with E-state index in [9.17, 15) is 9.59 Å². The number of carbonyl (C=O) groups excluding carboxylic acids is 1. The Labute approximate surface area is 116 Å². The van der Waals surface area contributed by atoms with Crippen LogP contribution in [0.15, 0.2) is 27.6 Å². The van der Waals surface area contributed by atoms with Crippen LogP contribution in [-0.4, -0.2) is 27.8 Å². The number of aryl methyl sites for hydroxylation is 2. The van der Waals surface area contributed by atoms with Gasteiger partial charge in [0.1, 0.15) is 11.6 Å². The van der Waals surface area contributed by atoms with E-state index in [2.05, 4.69) is 9.97 Å². The molecule has 6 nitrogen and oxygen atoms in total. The van der Waals surface area contributed by atoms with Gasteiger partial charge in [-0.15, -0.1) is 0 Å². The molecule has 0 bridgehead atoms. The number of aromatic amines is 1. The van der Waals surface area contributed by atoms with Gasteiger partial charge in [0.05, 0.1) is 19.2 Å². The first kappa shape index (κ1) is 14.0. The van der Waals surface area contributed by atoms with Crippen LogP contribution in [0.1, 0.15) is 22.8 Å². The average Bonchev–Trinajstić information content (AvgIpc) is 2.86. The molecule has 1 amide bonds. The first-order valence-electron chi connectivity index (χ1n) is 6.30. The van der Waals surface area contributed by atoms with E-state index < -0.39 is 0 Å². The minimum Gasteiger partial charge on any atom is -0.467 e. The van der Waals surface area contributed by atoms with Crippen molar-refractivity contribution in [3.05, 3.63) is 51.6 Å². The van der Waals surface area contributed by atoms with Crippen molar-refractivity contribution in [3.63, 3.8) is 0 Å². The lowest BCUT2D eigenvalue weighted by Gasteiger charge is -2.16. The number of likely N-dealkylation sites (N-methyl/N-ethyl adjacent to an activating group) is 1. The van der Waals surface area contributed by atoms with E-state index in [0.717, 1.165) is 0 Å². The van der Waals surface area contributed by atoms with Gasteiger partial charge in [-0.2, -0.15) is 0 Å². The summed E-state index contributed by atoms with van der Waals surface area (Å²) in [5.41, 5.74) is 0.743. The van der Waals surface area contributed by atoms with Gasteiger partial charge >= 0.3 is 0 Å². The zero-order valence-corrected chi connectivity index (χ0v) is 11.8. The van der Waals surface area contributed by atoms with Crippen LogP contribution in [0.5, 0.6) is 0 Å². The summed E-state index contributed by atoms with van der Waals surface area (Å²) in [5, 5.41) is 0. The molecule has 6 heteroatoms. The van der Waals surface area contributed by atoms with Gasteiger partial charge in [-0.3, -0.25) is 9.59 Å². The summed E-state index contributed by atoms with van der Waals surface area (Å²) in [5.74, 6) is 1.10. The van der Waals surface area contributed by atoms with Crippen molar-refractivity contribution in [2.24, 2.45) is 0 Å². The van der Waals surface area contributed by atoms with Gasteiger partial charge in [0, 0.05) is 18.3 Å². The fourth-order valence-corrected chi connectivity index (χ4v) is 1.97. The molecule has 1 N–H and O–H groups in total. The number of hydrogen-bond acceptors (Lipinski definition) is 4. The van der Waals surface area contributed by atoms with E-state index in [-0.39, 0.29) is 17.9 Å². The fraction of sp³-hybridized carbons (Fsp3) is 0.357. The van der Waals surface area contributed by atoms with Gasteiger partial charge in [0.2, 0.25) is 5.91 Å². The maximum atomic E-state index is 12.1. The molecule has 2 aromatic rings. The highest BCUT2D eigenvalue weighted by atomic mass is 16.3. The Balaban J connectivity index is 2.10. The molecule has 0 aliphatic carbocycles. The maximum Gasteiger partial charge on any atom is 0.254 e. The molecule has 2 aromatic heterocycles. The first-order chi connectivity index (χ1) is 9.47. The third-order valence-electron chi connectivity index (χ3n) is 3.07. The lowest BCUT2D eigenvalue weighted by molar-refractivity contribution is -0.129. The Kier molecular flexibility index (Phi) is 4.02. The standard InChI is InChI=1S/C14H17N3O3/c1-9-12(14(19)16-10(2)15-9)7-13(18)17(3)8-11-5-4-6-20-11/h4-6H,7-8H2,1-3H3,(H,15,16,19). The Morgan fingerprint density at radius 1 is 1.45 bits per heavy atom. The molecule has 0 aliphatic rings. The number of hydrogen-bond donors (Lipinski definition) is 1. The Morgan fingerprint density at radius 3 is 2.80 bits per heavy atom. The van der Waals surface area contributed by atoms with Gasteiger partial charge in [0.15, 0.2) is 0 Å². The molecule has 0 saturated carbocycles. The molecule has 0 atom stereocenters. The van der Waals surface area contributed by atoms with Crippen LogP contribution in [0.4, 0.5) is 0 Å². The van der Waals surface area contributed by atoms with Crippen molar-refractivity contribution in [2.75, 3.05) is 7.05 Å². The van der Waals surface area contributed by atoms with Crippen molar-refractivity contribution in [1.82, 2.24) is 14.9 Å². The Morgan fingerprint density at radius 2 is 2.20 bits per heavy atom. The highest BCUT2D eigenvalue weighted by Gasteiger charge is 2.16. The van der Waals surface area contributed by atoms with E-state index in [1.54, 1.807) is 39.3 Å². The third-order valence-corrected chi connectivity index (χ3v) is 3.07. The number of amides is 1. The summed E-state index contributed by atoms with van der Waals surface area (Å²) < 4.78 is 5.19. The summed E-state index contributed by atoms with van der Waals surface area (Å²) in [6.07, 6.45) is 1.60. The number of H-pyrrole nitrogens is 1. The molecule has 20 heavy (non-hydrogen) atoms. The maximum absolute atomic E-state index is 12.1. The number of aromatic nitrogens is 2. The zero-order chi connectivity index (χ0) is 14.7. The molecule has 0 spiro atoms. The molecule has 0 aromatic carbocycles. The van der Waals surface area contributed by atoms with Gasteiger partial charge in [-0.1, -0.05) is 0 Å². The van der Waals surface area contributed by atoms with Crippen molar-refractivity contribution >= 4 is 5.91 Å².